The highest BCUT2D eigenvalue weighted by Gasteiger charge is 2.03. The number of hydrogen-bond donors (Lipinski definition) is 4. The zero-order valence-electron chi connectivity index (χ0n) is 8.07. The van der Waals surface area contributed by atoms with E-state index in [0.717, 1.165) is 0 Å². The number of nitrogens with zero attached hydrogens (tertiary/aromatic N) is 2. The Kier molecular flexibility index (Phi) is 8.94. The van der Waals surface area contributed by atoms with Crippen molar-refractivity contribution in [2.45, 2.75) is 0 Å². The third-order valence-electron chi connectivity index (χ3n) is 1.15. The van der Waals surface area contributed by atoms with E-state index in [0.29, 0.717) is 0 Å². The highest BCUT2D eigenvalue weighted by molar-refractivity contribution is 6.05. The van der Waals surface area contributed by atoms with Gasteiger partial charge in [0.05, 0.1) is 6.54 Å². The van der Waals surface area contributed by atoms with Gasteiger partial charge in [-0.3, -0.25) is 25.4 Å². The number of guanidine groups is 2. The zero-order valence-corrected chi connectivity index (χ0v) is 8.89. The number of rotatable bonds is 1. The normalized spacial score (nSPS) is 11.6. The molecular formula is C6H15ClN6O. The molecule has 0 aliphatic heterocycles. The van der Waals surface area contributed by atoms with Gasteiger partial charge in [-0.15, -0.1) is 12.4 Å². The fraction of sp³-hybridized carbons (Fsp3) is 0.500. The largest absolute Gasteiger partial charge is 0.370 e. The zero-order chi connectivity index (χ0) is 10.3. The minimum atomic E-state index is -0.350. The molecule has 1 amide bonds. The highest BCUT2D eigenvalue weighted by atomic mass is 35.5. The van der Waals surface area contributed by atoms with Gasteiger partial charge >= 0.3 is 0 Å². The summed E-state index contributed by atoms with van der Waals surface area (Å²) in [5.74, 6) is 0.0356. The maximum absolute atomic E-state index is 10.8. The smallest absolute Gasteiger partial charge is 0.240 e. The van der Waals surface area contributed by atoms with Crippen molar-refractivity contribution in [2.75, 3.05) is 20.6 Å². The summed E-state index contributed by atoms with van der Waals surface area (Å²) in [4.78, 5) is 18.2. The van der Waals surface area contributed by atoms with Crippen molar-refractivity contribution in [3.05, 3.63) is 0 Å². The van der Waals surface area contributed by atoms with Crippen molar-refractivity contribution in [3.63, 3.8) is 0 Å². The van der Waals surface area contributed by atoms with Gasteiger partial charge in [-0.2, -0.15) is 0 Å². The Balaban J connectivity index is 0. The lowest BCUT2D eigenvalue weighted by atomic mass is 10.6. The van der Waals surface area contributed by atoms with E-state index < -0.39 is 0 Å². The summed E-state index contributed by atoms with van der Waals surface area (Å²) in [6, 6.07) is 0. The Bertz CT molecular complexity index is 238. The van der Waals surface area contributed by atoms with Crippen LogP contribution < -0.4 is 22.1 Å². The van der Waals surface area contributed by atoms with E-state index in [4.69, 9.17) is 11.5 Å². The van der Waals surface area contributed by atoms with E-state index in [2.05, 4.69) is 20.6 Å². The number of nitrogens with two attached hydrogens (primary N) is 2. The van der Waals surface area contributed by atoms with Crippen molar-refractivity contribution in [1.82, 2.24) is 10.6 Å². The number of aliphatic imine (C=N–C) groups is 2. The summed E-state index contributed by atoms with van der Waals surface area (Å²) in [5.41, 5.74) is 10.4. The number of carbonyl (C=O) groups is 1. The van der Waals surface area contributed by atoms with E-state index in [1.54, 1.807) is 0 Å². The summed E-state index contributed by atoms with van der Waals surface area (Å²) >= 11 is 0. The van der Waals surface area contributed by atoms with E-state index in [1.807, 2.05) is 0 Å². The van der Waals surface area contributed by atoms with Crippen LogP contribution in [0.1, 0.15) is 0 Å². The fourth-order valence-electron chi connectivity index (χ4n) is 0.503. The van der Waals surface area contributed by atoms with Crippen LogP contribution in [0.4, 0.5) is 0 Å². The quantitative estimate of drug-likeness (QED) is 0.303. The molecule has 0 aromatic heterocycles. The molecule has 82 valence electrons. The number of nitrogens with one attached hydrogen (secondary N) is 2. The van der Waals surface area contributed by atoms with Crippen molar-refractivity contribution in [1.29, 1.82) is 0 Å². The summed E-state index contributed by atoms with van der Waals surface area (Å²) in [7, 11) is 3.02. The number of amides is 1. The molecule has 0 atom stereocenters. The van der Waals surface area contributed by atoms with E-state index in [9.17, 15) is 4.79 Å². The molecule has 7 nitrogen and oxygen atoms in total. The van der Waals surface area contributed by atoms with Crippen LogP contribution in [0.25, 0.3) is 0 Å². The second-order valence-electron chi connectivity index (χ2n) is 2.06. The molecule has 0 aromatic rings. The first-order valence-electron chi connectivity index (χ1n) is 3.60. The minimum absolute atomic E-state index is 0. The van der Waals surface area contributed by atoms with Crippen LogP contribution in [0.15, 0.2) is 9.98 Å². The van der Waals surface area contributed by atoms with Crippen LogP contribution in [-0.2, 0) is 4.79 Å². The van der Waals surface area contributed by atoms with E-state index in [-0.39, 0.29) is 36.8 Å². The minimum Gasteiger partial charge on any atom is -0.370 e. The van der Waals surface area contributed by atoms with Crippen molar-refractivity contribution in [2.24, 2.45) is 21.5 Å². The average Bonchev–Trinajstić information content (AvgIpc) is 2.16. The Morgan fingerprint density at radius 2 is 1.86 bits per heavy atom. The Morgan fingerprint density at radius 3 is 2.21 bits per heavy atom. The standard InChI is InChI=1S/C6H14N6O.ClH/c1-9-5(8)12-6(10-2)11-4(13)3-7;/h3,7H2,1-2H3,(H4,8,9,10,11,12,13);1H. The van der Waals surface area contributed by atoms with Gasteiger partial charge < -0.3 is 11.5 Å². The summed E-state index contributed by atoms with van der Waals surface area (Å²) in [6.07, 6.45) is 0. The molecule has 0 aromatic carbocycles. The number of halogens is 1. The molecule has 0 rings (SSSR count). The third-order valence-corrected chi connectivity index (χ3v) is 1.15. The van der Waals surface area contributed by atoms with Crippen LogP contribution in [-0.4, -0.2) is 38.5 Å². The SMILES string of the molecule is CN=C(N)NC(=NC)NC(=O)CN.Cl. The van der Waals surface area contributed by atoms with Gasteiger partial charge in [0.25, 0.3) is 0 Å². The fourth-order valence-corrected chi connectivity index (χ4v) is 0.503. The molecule has 0 aliphatic carbocycles. The van der Waals surface area contributed by atoms with Gasteiger partial charge in [-0.05, 0) is 0 Å². The Morgan fingerprint density at radius 1 is 1.29 bits per heavy atom. The molecule has 0 bridgehead atoms. The monoisotopic (exact) mass is 222 g/mol. The average molecular weight is 223 g/mol. The summed E-state index contributed by atoms with van der Waals surface area (Å²) in [6.45, 7) is -0.107. The molecule has 0 radical (unpaired) electrons. The predicted octanol–water partition coefficient (Wildman–Crippen LogP) is -2.00. The van der Waals surface area contributed by atoms with Gasteiger partial charge in [0, 0.05) is 14.1 Å². The van der Waals surface area contributed by atoms with Gasteiger partial charge in [-0.1, -0.05) is 0 Å². The molecule has 0 saturated carbocycles. The third kappa shape index (κ3) is 6.21. The lowest BCUT2D eigenvalue weighted by molar-refractivity contribution is -0.118. The predicted molar refractivity (Wildman–Crippen MR) is 58.5 cm³/mol. The first-order valence-corrected chi connectivity index (χ1v) is 3.60. The van der Waals surface area contributed by atoms with Crippen molar-refractivity contribution < 1.29 is 4.79 Å². The van der Waals surface area contributed by atoms with Crippen molar-refractivity contribution >= 4 is 30.2 Å². The maximum Gasteiger partial charge on any atom is 0.240 e. The molecule has 0 saturated heterocycles. The van der Waals surface area contributed by atoms with Crippen LogP contribution in [0.5, 0.6) is 0 Å². The number of hydrogen-bond acceptors (Lipinski definition) is 4. The Hall–Kier alpha value is -1.34. The molecular weight excluding hydrogens is 208 g/mol. The van der Waals surface area contributed by atoms with Gasteiger partial charge in [0.15, 0.2) is 5.96 Å². The molecule has 14 heavy (non-hydrogen) atoms. The first-order chi connectivity index (χ1) is 6.13. The lowest BCUT2D eigenvalue weighted by Crippen LogP contribution is -2.48. The summed E-state index contributed by atoms with van der Waals surface area (Å²) in [5, 5.41) is 4.97. The van der Waals surface area contributed by atoms with Crippen LogP contribution in [0, 0.1) is 0 Å². The van der Waals surface area contributed by atoms with Crippen LogP contribution in [0.3, 0.4) is 0 Å². The van der Waals surface area contributed by atoms with Crippen molar-refractivity contribution in [3.8, 4) is 0 Å². The van der Waals surface area contributed by atoms with E-state index >= 15 is 0 Å². The molecule has 0 unspecified atom stereocenters. The van der Waals surface area contributed by atoms with Crippen LogP contribution in [0.2, 0.25) is 0 Å². The van der Waals surface area contributed by atoms with E-state index in [1.165, 1.54) is 14.1 Å². The second-order valence-corrected chi connectivity index (χ2v) is 2.06. The second kappa shape index (κ2) is 8.27. The molecule has 8 heteroatoms. The molecule has 0 heterocycles. The molecule has 0 aliphatic rings. The molecule has 0 fully saturated rings. The highest BCUT2D eigenvalue weighted by Crippen LogP contribution is 1.68. The van der Waals surface area contributed by atoms with Gasteiger partial charge in [0.2, 0.25) is 11.9 Å². The molecule has 0 spiro atoms. The number of carbonyl (C=O) groups excluding carboxylic acids is 1. The Labute approximate surface area is 88.4 Å². The van der Waals surface area contributed by atoms with Crippen LogP contribution >= 0.6 is 12.4 Å². The van der Waals surface area contributed by atoms with Gasteiger partial charge in [-0.25, -0.2) is 0 Å². The lowest BCUT2D eigenvalue weighted by Gasteiger charge is -2.08. The molecule has 6 N–H and O–H groups in total. The first kappa shape index (κ1) is 15.1. The topological polar surface area (TPSA) is 118 Å². The van der Waals surface area contributed by atoms with Gasteiger partial charge in [0.1, 0.15) is 0 Å². The summed E-state index contributed by atoms with van der Waals surface area (Å²) < 4.78 is 0. The maximum atomic E-state index is 10.8.